The number of benzene rings is 8. The first-order valence-electron chi connectivity index (χ1n) is 21.9. The monoisotopic (exact) mass is 798 g/mol. The lowest BCUT2D eigenvalue weighted by Crippen LogP contribution is -2.54. The van der Waals surface area contributed by atoms with E-state index in [1.165, 1.54) is 78.1 Å². The SMILES string of the molecule is C1=CC2c3c(ccc4c3-c3ccccc3C4(c3ccccc3)c3ccccc3)N(c3cccc(C4NC(c5ccccc5)NC(c5ccc(-c6ccccc6)cc5)N4)c3)C2C=C1. The van der Waals surface area contributed by atoms with Gasteiger partial charge in [-0.1, -0.05) is 212 Å². The Morgan fingerprint density at radius 2 is 0.968 bits per heavy atom. The predicted molar refractivity (Wildman–Crippen MR) is 253 cm³/mol. The predicted octanol–water partition coefficient (Wildman–Crippen LogP) is 12.6. The fourth-order valence-electron chi connectivity index (χ4n) is 10.9. The molecule has 5 atom stereocenters. The summed E-state index contributed by atoms with van der Waals surface area (Å²) in [6.07, 6.45) is 9.02. The quantitative estimate of drug-likeness (QED) is 0.150. The Bertz CT molecular complexity index is 2920. The molecule has 5 unspecified atom stereocenters. The van der Waals surface area contributed by atoms with Crippen LogP contribution >= 0.6 is 0 Å². The Hall–Kier alpha value is -7.08. The molecule has 298 valence electrons. The molecule has 0 radical (unpaired) electrons. The molecule has 12 rings (SSSR count). The Kier molecular flexibility index (Phi) is 8.96. The van der Waals surface area contributed by atoms with Gasteiger partial charge in [0.15, 0.2) is 0 Å². The van der Waals surface area contributed by atoms with Crippen molar-refractivity contribution in [3.63, 3.8) is 0 Å². The molecule has 0 bridgehead atoms. The second kappa shape index (κ2) is 15.1. The highest BCUT2D eigenvalue weighted by Gasteiger charge is 2.50. The van der Waals surface area contributed by atoms with Gasteiger partial charge in [-0.3, -0.25) is 16.0 Å². The molecule has 4 nitrogen and oxygen atoms in total. The van der Waals surface area contributed by atoms with E-state index in [1.54, 1.807) is 0 Å². The molecule has 8 aromatic rings. The molecule has 62 heavy (non-hydrogen) atoms. The molecule has 4 heteroatoms. The van der Waals surface area contributed by atoms with Crippen LogP contribution in [0.2, 0.25) is 0 Å². The maximum atomic E-state index is 3.96. The maximum absolute atomic E-state index is 3.96. The summed E-state index contributed by atoms with van der Waals surface area (Å²) in [5.41, 5.74) is 17.4. The summed E-state index contributed by atoms with van der Waals surface area (Å²) < 4.78 is 0. The van der Waals surface area contributed by atoms with E-state index >= 15 is 0 Å². The fourth-order valence-corrected chi connectivity index (χ4v) is 10.9. The molecule has 2 aliphatic heterocycles. The van der Waals surface area contributed by atoms with Gasteiger partial charge < -0.3 is 4.90 Å². The molecular weight excluding hydrogens is 753 g/mol. The van der Waals surface area contributed by atoms with Gasteiger partial charge in [0.2, 0.25) is 0 Å². The summed E-state index contributed by atoms with van der Waals surface area (Å²) in [6, 6.07) is 75.8. The highest BCUT2D eigenvalue weighted by molar-refractivity contribution is 5.94. The van der Waals surface area contributed by atoms with Crippen LogP contribution in [0.5, 0.6) is 0 Å². The summed E-state index contributed by atoms with van der Waals surface area (Å²) in [5.74, 6) is 0.185. The van der Waals surface area contributed by atoms with Crippen molar-refractivity contribution < 1.29 is 0 Å². The number of fused-ring (bicyclic) bond motifs is 7. The molecule has 0 spiro atoms. The van der Waals surface area contributed by atoms with E-state index in [-0.39, 0.29) is 30.5 Å². The van der Waals surface area contributed by atoms with E-state index in [0.29, 0.717) is 0 Å². The van der Waals surface area contributed by atoms with Gasteiger partial charge in [-0.25, -0.2) is 0 Å². The fraction of sp³-hybridized carbons (Fsp3) is 0.103. The van der Waals surface area contributed by atoms with Crippen LogP contribution in [0.25, 0.3) is 22.3 Å². The second-order valence-corrected chi connectivity index (χ2v) is 16.9. The molecule has 8 aromatic carbocycles. The zero-order valence-electron chi connectivity index (χ0n) is 34.3. The molecule has 0 amide bonds. The van der Waals surface area contributed by atoms with Crippen LogP contribution in [0.3, 0.4) is 0 Å². The van der Waals surface area contributed by atoms with E-state index in [2.05, 4.69) is 251 Å². The third-order valence-electron chi connectivity index (χ3n) is 13.6. The van der Waals surface area contributed by atoms with E-state index in [4.69, 9.17) is 0 Å². The smallest absolute Gasteiger partial charge is 0.0865 e. The van der Waals surface area contributed by atoms with Gasteiger partial charge >= 0.3 is 0 Å². The Balaban J connectivity index is 0.963. The van der Waals surface area contributed by atoms with Crippen molar-refractivity contribution in [1.29, 1.82) is 0 Å². The van der Waals surface area contributed by atoms with Crippen LogP contribution in [0.4, 0.5) is 11.4 Å². The summed E-state index contributed by atoms with van der Waals surface area (Å²) in [5, 5.41) is 11.8. The van der Waals surface area contributed by atoms with Crippen molar-refractivity contribution in [2.75, 3.05) is 4.90 Å². The van der Waals surface area contributed by atoms with Crippen molar-refractivity contribution in [3.05, 3.63) is 275 Å². The van der Waals surface area contributed by atoms with Crippen LogP contribution in [-0.4, -0.2) is 6.04 Å². The Labute approximate surface area is 363 Å². The molecular formula is C58H46N4. The van der Waals surface area contributed by atoms with Crippen molar-refractivity contribution in [3.8, 4) is 22.3 Å². The zero-order valence-corrected chi connectivity index (χ0v) is 34.3. The van der Waals surface area contributed by atoms with Gasteiger partial charge in [0.05, 0.1) is 30.0 Å². The second-order valence-electron chi connectivity index (χ2n) is 16.9. The summed E-state index contributed by atoms with van der Waals surface area (Å²) in [4.78, 5) is 2.59. The third-order valence-corrected chi connectivity index (χ3v) is 13.6. The Morgan fingerprint density at radius 3 is 1.66 bits per heavy atom. The molecule has 2 aliphatic carbocycles. The lowest BCUT2D eigenvalue weighted by atomic mass is 9.67. The molecule has 4 aliphatic rings. The minimum Gasteiger partial charge on any atom is -0.333 e. The van der Waals surface area contributed by atoms with E-state index < -0.39 is 5.41 Å². The standard InChI is InChI=1S/C58H46N4/c1-5-18-39(19-6-1)40-32-34-42(35-33-40)56-59-55(41-20-7-2-8-21-41)60-57(61-56)43-22-17-27-46(38-43)62-51-31-16-14-29-48(51)54-52(62)37-36-50-53(54)47-28-13-15-30-49(47)58(50,44-23-9-3-10-24-44)45-25-11-4-12-26-45/h1-38,48,51,55-57,59-61H. The number of hydrogen-bond acceptors (Lipinski definition) is 4. The number of anilines is 2. The first-order chi connectivity index (χ1) is 30.8. The molecule has 1 fully saturated rings. The molecule has 0 saturated carbocycles. The van der Waals surface area contributed by atoms with E-state index in [9.17, 15) is 0 Å². The zero-order chi connectivity index (χ0) is 41.0. The number of nitrogens with zero attached hydrogens (tertiary/aromatic N) is 1. The third kappa shape index (κ3) is 5.87. The first-order valence-corrected chi connectivity index (χ1v) is 21.9. The Morgan fingerprint density at radius 1 is 0.419 bits per heavy atom. The highest BCUT2D eigenvalue weighted by atomic mass is 15.4. The minimum absolute atomic E-state index is 0.0645. The topological polar surface area (TPSA) is 39.3 Å². The number of hydrogen-bond donors (Lipinski definition) is 3. The minimum atomic E-state index is -0.444. The van der Waals surface area contributed by atoms with Crippen LogP contribution in [0.1, 0.15) is 68.9 Å². The number of rotatable bonds is 7. The lowest BCUT2D eigenvalue weighted by molar-refractivity contribution is 0.203. The first kappa shape index (κ1) is 36.7. The van der Waals surface area contributed by atoms with Crippen LogP contribution < -0.4 is 20.9 Å². The highest BCUT2D eigenvalue weighted by Crippen LogP contribution is 2.62. The average Bonchev–Trinajstić information content (AvgIpc) is 3.86. The van der Waals surface area contributed by atoms with Gasteiger partial charge in [-0.2, -0.15) is 0 Å². The molecule has 3 N–H and O–H groups in total. The van der Waals surface area contributed by atoms with Crippen LogP contribution in [0.15, 0.2) is 231 Å². The normalized spacial score (nSPS) is 21.5. The summed E-state index contributed by atoms with van der Waals surface area (Å²) in [7, 11) is 0. The van der Waals surface area contributed by atoms with Crippen molar-refractivity contribution in [2.24, 2.45) is 0 Å². The van der Waals surface area contributed by atoms with Gasteiger partial charge in [-0.15, -0.1) is 0 Å². The average molecular weight is 799 g/mol. The lowest BCUT2D eigenvalue weighted by Gasteiger charge is -2.40. The van der Waals surface area contributed by atoms with Crippen molar-refractivity contribution >= 4 is 11.4 Å². The number of nitrogens with one attached hydrogen (secondary N) is 3. The van der Waals surface area contributed by atoms with Gasteiger partial charge in [0.1, 0.15) is 0 Å². The van der Waals surface area contributed by atoms with Crippen molar-refractivity contribution in [2.45, 2.75) is 35.9 Å². The molecule has 1 saturated heterocycles. The van der Waals surface area contributed by atoms with Crippen LogP contribution in [0, 0.1) is 0 Å². The van der Waals surface area contributed by atoms with Crippen molar-refractivity contribution in [1.82, 2.24) is 16.0 Å². The largest absolute Gasteiger partial charge is 0.333 e. The van der Waals surface area contributed by atoms with Crippen LogP contribution in [-0.2, 0) is 5.41 Å². The van der Waals surface area contributed by atoms with E-state index in [0.717, 1.165) is 0 Å². The van der Waals surface area contributed by atoms with E-state index in [1.807, 2.05) is 0 Å². The van der Waals surface area contributed by atoms with Gasteiger partial charge in [-0.05, 0) is 85.0 Å². The van der Waals surface area contributed by atoms with Gasteiger partial charge in [0.25, 0.3) is 0 Å². The summed E-state index contributed by atoms with van der Waals surface area (Å²) >= 11 is 0. The summed E-state index contributed by atoms with van der Waals surface area (Å²) in [6.45, 7) is 0. The molecule has 2 heterocycles. The maximum Gasteiger partial charge on any atom is 0.0865 e. The number of allylic oxidation sites excluding steroid dienone is 2. The molecule has 0 aromatic heterocycles. The van der Waals surface area contributed by atoms with Gasteiger partial charge in [0, 0.05) is 17.3 Å².